The largest absolute Gasteiger partial charge is 0.353 e. The van der Waals surface area contributed by atoms with Crippen molar-refractivity contribution in [3.8, 4) is 0 Å². The van der Waals surface area contributed by atoms with E-state index >= 15 is 0 Å². The van der Waals surface area contributed by atoms with E-state index in [9.17, 15) is 4.79 Å². The van der Waals surface area contributed by atoms with Gasteiger partial charge in [0.05, 0.1) is 0 Å². The topological polar surface area (TPSA) is 41.1 Å². The number of aryl methyl sites for hydroxylation is 1. The number of thiophene rings is 1. The van der Waals surface area contributed by atoms with Crippen LogP contribution >= 0.6 is 11.3 Å². The minimum Gasteiger partial charge on any atom is -0.353 e. The van der Waals surface area contributed by atoms with Gasteiger partial charge in [-0.25, -0.2) is 0 Å². The molecule has 0 aromatic carbocycles. The molecule has 1 amide bonds. The highest BCUT2D eigenvalue weighted by Gasteiger charge is 2.19. The molecule has 2 heterocycles. The quantitative estimate of drug-likeness (QED) is 0.860. The standard InChI is InChI=1S/C13H20N2OS/c1-10-8-12(4-6-14-10)15-13(16)3-2-11-5-7-17-9-11/h5,7,9-10,12,14H,2-4,6,8H2,1H3,(H,15,16). The zero-order valence-electron chi connectivity index (χ0n) is 10.2. The molecule has 1 aromatic heterocycles. The number of rotatable bonds is 4. The van der Waals surface area contributed by atoms with Crippen LogP contribution in [0.5, 0.6) is 0 Å². The Morgan fingerprint density at radius 2 is 2.53 bits per heavy atom. The maximum absolute atomic E-state index is 11.8. The minimum absolute atomic E-state index is 0.190. The average molecular weight is 252 g/mol. The first kappa shape index (κ1) is 12.6. The zero-order chi connectivity index (χ0) is 12.1. The van der Waals surface area contributed by atoms with Crippen LogP contribution in [0.3, 0.4) is 0 Å². The molecule has 0 radical (unpaired) electrons. The molecule has 0 spiro atoms. The van der Waals surface area contributed by atoms with Crippen LogP contribution in [0.4, 0.5) is 0 Å². The van der Waals surface area contributed by atoms with Gasteiger partial charge in [-0.05, 0) is 55.1 Å². The van der Waals surface area contributed by atoms with Gasteiger partial charge >= 0.3 is 0 Å². The molecule has 94 valence electrons. The summed E-state index contributed by atoms with van der Waals surface area (Å²) in [5, 5.41) is 10.7. The summed E-state index contributed by atoms with van der Waals surface area (Å²) in [7, 11) is 0. The zero-order valence-corrected chi connectivity index (χ0v) is 11.1. The first-order chi connectivity index (χ1) is 8.24. The molecule has 0 bridgehead atoms. The fraction of sp³-hybridized carbons (Fsp3) is 0.615. The highest BCUT2D eigenvalue weighted by Crippen LogP contribution is 2.10. The van der Waals surface area contributed by atoms with Gasteiger partial charge in [-0.15, -0.1) is 0 Å². The predicted octanol–water partition coefficient (Wildman–Crippen LogP) is 1.94. The number of piperidine rings is 1. The van der Waals surface area contributed by atoms with Gasteiger partial charge in [0, 0.05) is 18.5 Å². The van der Waals surface area contributed by atoms with Crippen LogP contribution in [-0.4, -0.2) is 24.5 Å². The molecular formula is C13H20N2OS. The molecule has 2 atom stereocenters. The Bertz CT molecular complexity index is 350. The Balaban J connectivity index is 1.70. The van der Waals surface area contributed by atoms with Crippen molar-refractivity contribution < 1.29 is 4.79 Å². The lowest BCUT2D eigenvalue weighted by atomic mass is 10.0. The van der Waals surface area contributed by atoms with Crippen molar-refractivity contribution in [1.29, 1.82) is 0 Å². The third-order valence-electron chi connectivity index (χ3n) is 3.21. The fourth-order valence-electron chi connectivity index (χ4n) is 2.26. The van der Waals surface area contributed by atoms with Crippen molar-refractivity contribution in [2.45, 2.75) is 44.7 Å². The van der Waals surface area contributed by atoms with Gasteiger partial charge in [0.25, 0.3) is 0 Å². The van der Waals surface area contributed by atoms with Gasteiger partial charge in [0.15, 0.2) is 0 Å². The molecule has 0 aliphatic carbocycles. The van der Waals surface area contributed by atoms with E-state index < -0.39 is 0 Å². The number of nitrogens with one attached hydrogen (secondary N) is 2. The maximum atomic E-state index is 11.8. The monoisotopic (exact) mass is 252 g/mol. The molecule has 2 unspecified atom stereocenters. The lowest BCUT2D eigenvalue weighted by Gasteiger charge is -2.28. The van der Waals surface area contributed by atoms with Crippen LogP contribution in [0.15, 0.2) is 16.8 Å². The predicted molar refractivity (Wildman–Crippen MR) is 71.3 cm³/mol. The van der Waals surface area contributed by atoms with Crippen LogP contribution in [0.1, 0.15) is 31.7 Å². The Hall–Kier alpha value is -0.870. The smallest absolute Gasteiger partial charge is 0.220 e. The molecule has 2 rings (SSSR count). The molecule has 0 saturated carbocycles. The Morgan fingerprint density at radius 1 is 1.65 bits per heavy atom. The maximum Gasteiger partial charge on any atom is 0.220 e. The highest BCUT2D eigenvalue weighted by atomic mass is 32.1. The first-order valence-electron chi connectivity index (χ1n) is 6.28. The Morgan fingerprint density at radius 3 is 3.24 bits per heavy atom. The lowest BCUT2D eigenvalue weighted by Crippen LogP contribution is -2.46. The Labute approximate surface area is 107 Å². The van der Waals surface area contributed by atoms with Gasteiger partial charge in [-0.3, -0.25) is 4.79 Å². The molecule has 1 aliphatic rings. The molecule has 1 aliphatic heterocycles. The summed E-state index contributed by atoms with van der Waals surface area (Å²) in [6.07, 6.45) is 3.56. The second-order valence-corrected chi connectivity index (χ2v) is 5.56. The van der Waals surface area contributed by atoms with E-state index in [-0.39, 0.29) is 5.91 Å². The van der Waals surface area contributed by atoms with Gasteiger partial charge < -0.3 is 10.6 Å². The van der Waals surface area contributed by atoms with Gasteiger partial charge in [-0.1, -0.05) is 0 Å². The van der Waals surface area contributed by atoms with Crippen LogP contribution in [0.25, 0.3) is 0 Å². The fourth-order valence-corrected chi connectivity index (χ4v) is 2.96. The van der Waals surface area contributed by atoms with Crippen molar-refractivity contribution in [2.75, 3.05) is 6.54 Å². The van der Waals surface area contributed by atoms with Crippen LogP contribution in [-0.2, 0) is 11.2 Å². The number of carbonyl (C=O) groups is 1. The Kier molecular flexibility index (Phi) is 4.57. The summed E-state index contributed by atoms with van der Waals surface area (Å²) in [6.45, 7) is 3.18. The lowest BCUT2D eigenvalue weighted by molar-refractivity contribution is -0.122. The van der Waals surface area contributed by atoms with Gasteiger partial charge in [0.1, 0.15) is 0 Å². The van der Waals surface area contributed by atoms with Crippen LogP contribution in [0.2, 0.25) is 0 Å². The van der Waals surface area contributed by atoms with Crippen molar-refractivity contribution in [3.63, 3.8) is 0 Å². The number of amides is 1. The summed E-state index contributed by atoms with van der Waals surface area (Å²) >= 11 is 1.69. The highest BCUT2D eigenvalue weighted by molar-refractivity contribution is 7.07. The molecule has 1 fully saturated rings. The van der Waals surface area contributed by atoms with E-state index in [1.807, 2.05) is 0 Å². The minimum atomic E-state index is 0.190. The number of hydrogen-bond donors (Lipinski definition) is 2. The molecular weight excluding hydrogens is 232 g/mol. The van der Waals surface area contributed by atoms with Crippen LogP contribution < -0.4 is 10.6 Å². The molecule has 3 nitrogen and oxygen atoms in total. The number of hydrogen-bond acceptors (Lipinski definition) is 3. The second kappa shape index (κ2) is 6.17. The van der Waals surface area contributed by atoms with E-state index in [4.69, 9.17) is 0 Å². The molecule has 2 N–H and O–H groups in total. The van der Waals surface area contributed by atoms with Crippen molar-refractivity contribution in [3.05, 3.63) is 22.4 Å². The summed E-state index contributed by atoms with van der Waals surface area (Å²) in [4.78, 5) is 11.8. The summed E-state index contributed by atoms with van der Waals surface area (Å²) < 4.78 is 0. The summed E-state index contributed by atoms with van der Waals surface area (Å²) in [5.41, 5.74) is 1.27. The molecule has 4 heteroatoms. The van der Waals surface area contributed by atoms with Gasteiger partial charge in [0.2, 0.25) is 5.91 Å². The van der Waals surface area contributed by atoms with E-state index in [1.165, 1.54) is 5.56 Å². The van der Waals surface area contributed by atoms with E-state index in [0.29, 0.717) is 18.5 Å². The second-order valence-electron chi connectivity index (χ2n) is 4.78. The SMILES string of the molecule is CC1CC(NC(=O)CCc2ccsc2)CCN1. The van der Waals surface area contributed by atoms with Crippen molar-refractivity contribution >= 4 is 17.2 Å². The van der Waals surface area contributed by atoms with Crippen LogP contribution in [0, 0.1) is 0 Å². The molecule has 1 aromatic rings. The average Bonchev–Trinajstić information content (AvgIpc) is 2.79. The van der Waals surface area contributed by atoms with E-state index in [1.54, 1.807) is 11.3 Å². The number of carbonyl (C=O) groups excluding carboxylic acids is 1. The van der Waals surface area contributed by atoms with E-state index in [2.05, 4.69) is 34.4 Å². The van der Waals surface area contributed by atoms with E-state index in [0.717, 1.165) is 25.8 Å². The summed E-state index contributed by atoms with van der Waals surface area (Å²) in [6, 6.07) is 2.97. The molecule has 17 heavy (non-hydrogen) atoms. The normalized spacial score (nSPS) is 24.5. The third kappa shape index (κ3) is 4.13. The first-order valence-corrected chi connectivity index (χ1v) is 7.22. The van der Waals surface area contributed by atoms with Crippen molar-refractivity contribution in [1.82, 2.24) is 10.6 Å². The summed E-state index contributed by atoms with van der Waals surface area (Å²) in [5.74, 6) is 0.190. The third-order valence-corrected chi connectivity index (χ3v) is 3.94. The van der Waals surface area contributed by atoms with Crippen molar-refractivity contribution in [2.24, 2.45) is 0 Å². The molecule has 1 saturated heterocycles. The van der Waals surface area contributed by atoms with Gasteiger partial charge in [-0.2, -0.15) is 11.3 Å².